The summed E-state index contributed by atoms with van der Waals surface area (Å²) in [4.78, 5) is 12.4. The van der Waals surface area contributed by atoms with Gasteiger partial charge in [-0.25, -0.2) is 4.79 Å². The van der Waals surface area contributed by atoms with E-state index in [-0.39, 0.29) is 5.97 Å². The second kappa shape index (κ2) is 15.1. The Morgan fingerprint density at radius 2 is 1.26 bits per heavy atom. The summed E-state index contributed by atoms with van der Waals surface area (Å²) < 4.78 is 16.9. The lowest BCUT2D eigenvalue weighted by Crippen LogP contribution is -2.08. The van der Waals surface area contributed by atoms with Gasteiger partial charge in [-0.15, -0.1) is 6.58 Å². The predicted octanol–water partition coefficient (Wildman–Crippen LogP) is 7.38. The number of benzene rings is 2. The van der Waals surface area contributed by atoms with E-state index >= 15 is 0 Å². The first kappa shape index (κ1) is 24.5. The Labute approximate surface area is 187 Å². The van der Waals surface area contributed by atoms with E-state index in [2.05, 4.69) is 13.5 Å². The molecule has 2 rings (SSSR count). The molecule has 2 aromatic carbocycles. The van der Waals surface area contributed by atoms with Gasteiger partial charge in [-0.05, 0) is 80.6 Å². The third-order valence-electron chi connectivity index (χ3n) is 4.96. The zero-order chi connectivity index (χ0) is 22.2. The van der Waals surface area contributed by atoms with Crippen molar-refractivity contribution in [1.29, 1.82) is 0 Å². The van der Waals surface area contributed by atoms with Crippen LogP contribution in [0.1, 0.15) is 75.1 Å². The van der Waals surface area contributed by atoms with Gasteiger partial charge in [0.15, 0.2) is 0 Å². The Morgan fingerprint density at radius 1 is 0.742 bits per heavy atom. The standard InChI is InChI=1S/C27H36O4/c1-3-5-7-9-11-21-29-24-15-13-23(14-16-24)27(28)31-26-19-17-25(18-20-26)30-22-12-10-8-6-4-2/h4,13-20H,2-3,5-12,21-22H2,1H3. The summed E-state index contributed by atoms with van der Waals surface area (Å²) in [5.41, 5.74) is 0.496. The van der Waals surface area contributed by atoms with Gasteiger partial charge in [0.1, 0.15) is 17.2 Å². The zero-order valence-corrected chi connectivity index (χ0v) is 18.8. The summed E-state index contributed by atoms with van der Waals surface area (Å²) in [6.07, 6.45) is 12.3. The molecule has 4 nitrogen and oxygen atoms in total. The molecule has 0 aliphatic rings. The van der Waals surface area contributed by atoms with Crippen molar-refractivity contribution in [1.82, 2.24) is 0 Å². The first-order valence-electron chi connectivity index (χ1n) is 11.5. The fourth-order valence-electron chi connectivity index (χ4n) is 3.11. The van der Waals surface area contributed by atoms with E-state index in [0.29, 0.717) is 24.5 Å². The van der Waals surface area contributed by atoms with E-state index in [0.717, 1.165) is 43.6 Å². The van der Waals surface area contributed by atoms with Crippen molar-refractivity contribution < 1.29 is 19.0 Å². The lowest BCUT2D eigenvalue weighted by Gasteiger charge is -2.09. The van der Waals surface area contributed by atoms with Gasteiger partial charge >= 0.3 is 5.97 Å². The van der Waals surface area contributed by atoms with E-state index in [1.807, 2.05) is 30.3 Å². The third-order valence-corrected chi connectivity index (χ3v) is 4.96. The SMILES string of the molecule is C=CCCCCCOc1ccc(OC(=O)c2ccc(OCCCCCCC)cc2)cc1. The maximum Gasteiger partial charge on any atom is 0.343 e. The van der Waals surface area contributed by atoms with Crippen LogP contribution in [0.3, 0.4) is 0 Å². The Hall–Kier alpha value is -2.75. The molecule has 0 saturated carbocycles. The van der Waals surface area contributed by atoms with Crippen molar-refractivity contribution in [3.05, 3.63) is 66.7 Å². The van der Waals surface area contributed by atoms with Crippen LogP contribution < -0.4 is 14.2 Å². The second-order valence-corrected chi connectivity index (χ2v) is 7.63. The normalized spacial score (nSPS) is 10.5. The summed E-state index contributed by atoms with van der Waals surface area (Å²) in [5.74, 6) is 1.66. The highest BCUT2D eigenvalue weighted by Crippen LogP contribution is 2.20. The van der Waals surface area contributed by atoms with Gasteiger partial charge in [0.25, 0.3) is 0 Å². The number of carbonyl (C=O) groups excluding carboxylic acids is 1. The largest absolute Gasteiger partial charge is 0.494 e. The average Bonchev–Trinajstić information content (AvgIpc) is 2.80. The molecule has 0 aliphatic heterocycles. The highest BCUT2D eigenvalue weighted by molar-refractivity contribution is 5.91. The monoisotopic (exact) mass is 424 g/mol. The molecule has 4 heteroatoms. The fourth-order valence-corrected chi connectivity index (χ4v) is 3.11. The Balaban J connectivity index is 1.70. The quantitative estimate of drug-likeness (QED) is 0.122. The molecular formula is C27H36O4. The van der Waals surface area contributed by atoms with Crippen LogP contribution in [-0.4, -0.2) is 19.2 Å². The Kier molecular flexibility index (Phi) is 12.0. The molecule has 0 aromatic heterocycles. The minimum atomic E-state index is -0.387. The third kappa shape index (κ3) is 10.2. The minimum absolute atomic E-state index is 0.387. The number of esters is 1. The van der Waals surface area contributed by atoms with Crippen LogP contribution in [0.15, 0.2) is 61.2 Å². The molecule has 0 radical (unpaired) electrons. The summed E-state index contributed by atoms with van der Waals surface area (Å²) >= 11 is 0. The number of allylic oxidation sites excluding steroid dienone is 1. The van der Waals surface area contributed by atoms with Gasteiger partial charge in [-0.1, -0.05) is 38.7 Å². The van der Waals surface area contributed by atoms with E-state index in [1.165, 1.54) is 25.7 Å². The molecule has 0 spiro atoms. The molecule has 0 bridgehead atoms. The van der Waals surface area contributed by atoms with Gasteiger partial charge in [-0.3, -0.25) is 0 Å². The first-order chi connectivity index (χ1) is 15.2. The molecule has 2 aromatic rings. The summed E-state index contributed by atoms with van der Waals surface area (Å²) in [5, 5.41) is 0. The molecule has 0 atom stereocenters. The molecule has 168 valence electrons. The van der Waals surface area contributed by atoms with Crippen molar-refractivity contribution in [2.45, 2.75) is 64.7 Å². The number of hydrogen-bond acceptors (Lipinski definition) is 4. The van der Waals surface area contributed by atoms with E-state index in [9.17, 15) is 4.79 Å². The maximum absolute atomic E-state index is 12.4. The van der Waals surface area contributed by atoms with Crippen LogP contribution in [-0.2, 0) is 0 Å². The smallest absolute Gasteiger partial charge is 0.343 e. The van der Waals surface area contributed by atoms with Gasteiger partial charge in [0.2, 0.25) is 0 Å². The van der Waals surface area contributed by atoms with Crippen LogP contribution in [0.25, 0.3) is 0 Å². The first-order valence-corrected chi connectivity index (χ1v) is 11.5. The highest BCUT2D eigenvalue weighted by atomic mass is 16.5. The molecule has 0 unspecified atom stereocenters. The topological polar surface area (TPSA) is 44.8 Å². The number of unbranched alkanes of at least 4 members (excludes halogenated alkanes) is 7. The Bertz CT molecular complexity index is 750. The number of hydrogen-bond donors (Lipinski definition) is 0. The van der Waals surface area contributed by atoms with Gasteiger partial charge in [0.05, 0.1) is 18.8 Å². The lowest BCUT2D eigenvalue weighted by atomic mass is 10.2. The highest BCUT2D eigenvalue weighted by Gasteiger charge is 2.09. The Morgan fingerprint density at radius 3 is 1.84 bits per heavy atom. The van der Waals surface area contributed by atoms with Gasteiger partial charge in [0, 0.05) is 0 Å². The minimum Gasteiger partial charge on any atom is -0.494 e. The number of carbonyl (C=O) groups is 1. The van der Waals surface area contributed by atoms with Crippen molar-refractivity contribution in [3.8, 4) is 17.2 Å². The summed E-state index contributed by atoms with van der Waals surface area (Å²) in [6.45, 7) is 7.33. The van der Waals surface area contributed by atoms with Crippen LogP contribution >= 0.6 is 0 Å². The van der Waals surface area contributed by atoms with Crippen LogP contribution in [0.2, 0.25) is 0 Å². The average molecular weight is 425 g/mol. The molecule has 0 fully saturated rings. The van der Waals surface area contributed by atoms with Crippen molar-refractivity contribution in [2.75, 3.05) is 13.2 Å². The van der Waals surface area contributed by atoms with Crippen molar-refractivity contribution >= 4 is 5.97 Å². The molecule has 0 heterocycles. The zero-order valence-electron chi connectivity index (χ0n) is 18.8. The molecule has 0 amide bonds. The van der Waals surface area contributed by atoms with Gasteiger partial charge in [-0.2, -0.15) is 0 Å². The molecule has 31 heavy (non-hydrogen) atoms. The van der Waals surface area contributed by atoms with Crippen LogP contribution in [0, 0.1) is 0 Å². The van der Waals surface area contributed by atoms with E-state index < -0.39 is 0 Å². The number of rotatable bonds is 16. The van der Waals surface area contributed by atoms with Crippen molar-refractivity contribution in [3.63, 3.8) is 0 Å². The van der Waals surface area contributed by atoms with E-state index in [1.54, 1.807) is 24.3 Å². The predicted molar refractivity (Wildman–Crippen MR) is 126 cm³/mol. The summed E-state index contributed by atoms with van der Waals surface area (Å²) in [6, 6.07) is 14.2. The fraction of sp³-hybridized carbons (Fsp3) is 0.444. The lowest BCUT2D eigenvalue weighted by molar-refractivity contribution is 0.0734. The molecule has 0 N–H and O–H groups in total. The van der Waals surface area contributed by atoms with Crippen LogP contribution in [0.5, 0.6) is 17.2 Å². The van der Waals surface area contributed by atoms with Gasteiger partial charge < -0.3 is 14.2 Å². The molecule has 0 aliphatic carbocycles. The molecule has 0 saturated heterocycles. The van der Waals surface area contributed by atoms with E-state index in [4.69, 9.17) is 14.2 Å². The number of ether oxygens (including phenoxy) is 3. The summed E-state index contributed by atoms with van der Waals surface area (Å²) in [7, 11) is 0. The van der Waals surface area contributed by atoms with Crippen molar-refractivity contribution in [2.24, 2.45) is 0 Å². The van der Waals surface area contributed by atoms with Crippen LogP contribution in [0.4, 0.5) is 0 Å². The molecular weight excluding hydrogens is 388 g/mol. The second-order valence-electron chi connectivity index (χ2n) is 7.63. The maximum atomic E-state index is 12.4.